The number of nitrogens with one attached hydrogen (secondary N) is 1. The Bertz CT molecular complexity index is 222. The van der Waals surface area contributed by atoms with Crippen molar-refractivity contribution in [3.63, 3.8) is 0 Å². The highest BCUT2D eigenvalue weighted by atomic mass is 79.9. The fourth-order valence-corrected chi connectivity index (χ4v) is 2.65. The summed E-state index contributed by atoms with van der Waals surface area (Å²) in [5, 5.41) is 5.45. The molecule has 1 aromatic rings. The average Bonchev–Trinajstić information content (AvgIpc) is 2.46. The third-order valence-electron chi connectivity index (χ3n) is 1.70. The molecule has 0 radical (unpaired) electrons. The van der Waals surface area contributed by atoms with Gasteiger partial charge in [-0.05, 0) is 53.3 Å². The summed E-state index contributed by atoms with van der Waals surface area (Å²) in [5.74, 6) is 0. The molecule has 12 heavy (non-hydrogen) atoms. The summed E-state index contributed by atoms with van der Waals surface area (Å²) in [6.07, 6.45) is 2.41. The third kappa shape index (κ3) is 3.25. The van der Waals surface area contributed by atoms with Crippen molar-refractivity contribution in [2.24, 2.45) is 0 Å². The van der Waals surface area contributed by atoms with E-state index in [1.165, 1.54) is 22.2 Å². The molecule has 0 amide bonds. The second kappa shape index (κ2) is 5.73. The van der Waals surface area contributed by atoms with Crippen LogP contribution in [0.3, 0.4) is 0 Å². The van der Waals surface area contributed by atoms with Crippen LogP contribution < -0.4 is 5.32 Å². The zero-order valence-corrected chi connectivity index (χ0v) is 9.67. The fourth-order valence-electron chi connectivity index (χ4n) is 1.05. The van der Waals surface area contributed by atoms with E-state index in [0.717, 1.165) is 13.1 Å². The Balaban J connectivity index is 2.20. The van der Waals surface area contributed by atoms with Crippen molar-refractivity contribution < 1.29 is 0 Å². The molecule has 0 saturated carbocycles. The summed E-state index contributed by atoms with van der Waals surface area (Å²) < 4.78 is 1.27. The van der Waals surface area contributed by atoms with E-state index in [9.17, 15) is 0 Å². The van der Waals surface area contributed by atoms with E-state index in [1.54, 1.807) is 0 Å². The summed E-state index contributed by atoms with van der Waals surface area (Å²) in [6, 6.07) is 2.12. The molecule has 1 aromatic heterocycles. The molecule has 0 aliphatic carbocycles. The minimum absolute atomic E-state index is 1.08. The molecule has 1 rings (SSSR count). The maximum Gasteiger partial charge on any atom is 0.0314 e. The molecule has 0 aromatic carbocycles. The molecule has 1 heterocycles. The Morgan fingerprint density at radius 2 is 2.42 bits per heavy atom. The molecule has 3 heteroatoms. The van der Waals surface area contributed by atoms with Gasteiger partial charge in [0.1, 0.15) is 0 Å². The summed E-state index contributed by atoms with van der Waals surface area (Å²) in [6.45, 7) is 4.34. The van der Waals surface area contributed by atoms with Gasteiger partial charge in [-0.3, -0.25) is 0 Å². The standard InChI is InChI=1S/C9H14BrNS/c1-2-11-6-3-4-9-8(10)5-7-12-9/h5,7,11H,2-4,6H2,1H3. The number of halogens is 1. The number of thiophene rings is 1. The average molecular weight is 248 g/mol. The molecular weight excluding hydrogens is 234 g/mol. The van der Waals surface area contributed by atoms with Gasteiger partial charge in [-0.1, -0.05) is 6.92 Å². The summed E-state index contributed by atoms with van der Waals surface area (Å²) in [4.78, 5) is 1.47. The lowest BCUT2D eigenvalue weighted by Crippen LogP contribution is -2.14. The highest BCUT2D eigenvalue weighted by Crippen LogP contribution is 2.23. The number of rotatable bonds is 5. The SMILES string of the molecule is CCNCCCc1sccc1Br. The van der Waals surface area contributed by atoms with Gasteiger partial charge in [-0.2, -0.15) is 0 Å². The quantitative estimate of drug-likeness (QED) is 0.790. The van der Waals surface area contributed by atoms with Crippen LogP contribution in [0, 0.1) is 0 Å². The van der Waals surface area contributed by atoms with E-state index < -0.39 is 0 Å². The molecule has 0 aliphatic rings. The first-order valence-corrected chi connectivity index (χ1v) is 5.94. The van der Waals surface area contributed by atoms with Crippen molar-refractivity contribution in [3.05, 3.63) is 20.8 Å². The lowest BCUT2D eigenvalue weighted by molar-refractivity contribution is 0.675. The van der Waals surface area contributed by atoms with Crippen LogP contribution in [0.2, 0.25) is 0 Å². The van der Waals surface area contributed by atoms with Crippen LogP contribution >= 0.6 is 27.3 Å². The molecule has 0 bridgehead atoms. The largest absolute Gasteiger partial charge is 0.317 e. The molecule has 0 saturated heterocycles. The van der Waals surface area contributed by atoms with Gasteiger partial charge < -0.3 is 5.32 Å². The lowest BCUT2D eigenvalue weighted by atomic mass is 10.2. The van der Waals surface area contributed by atoms with E-state index in [0.29, 0.717) is 0 Å². The van der Waals surface area contributed by atoms with Crippen LogP contribution in [0.4, 0.5) is 0 Å². The van der Waals surface area contributed by atoms with Crippen molar-refractivity contribution in [1.29, 1.82) is 0 Å². The van der Waals surface area contributed by atoms with Gasteiger partial charge in [0.2, 0.25) is 0 Å². The maximum absolute atomic E-state index is 3.53. The van der Waals surface area contributed by atoms with Crippen LogP contribution in [0.5, 0.6) is 0 Å². The van der Waals surface area contributed by atoms with Crippen molar-refractivity contribution >= 4 is 27.3 Å². The molecule has 0 unspecified atom stereocenters. The fraction of sp³-hybridized carbons (Fsp3) is 0.556. The highest BCUT2D eigenvalue weighted by molar-refractivity contribution is 9.10. The Morgan fingerprint density at radius 1 is 1.58 bits per heavy atom. The van der Waals surface area contributed by atoms with Gasteiger partial charge in [-0.15, -0.1) is 11.3 Å². The first kappa shape index (κ1) is 10.2. The number of hydrogen-bond acceptors (Lipinski definition) is 2. The first-order chi connectivity index (χ1) is 5.84. The topological polar surface area (TPSA) is 12.0 Å². The van der Waals surface area contributed by atoms with E-state index in [2.05, 4.69) is 39.6 Å². The van der Waals surface area contributed by atoms with E-state index >= 15 is 0 Å². The molecule has 1 nitrogen and oxygen atoms in total. The molecular formula is C9H14BrNS. The van der Waals surface area contributed by atoms with Gasteiger partial charge >= 0.3 is 0 Å². The predicted octanol–water partition coefficient (Wildman–Crippen LogP) is 3.05. The normalized spacial score (nSPS) is 10.5. The Morgan fingerprint density at radius 3 is 3.00 bits per heavy atom. The second-order valence-electron chi connectivity index (χ2n) is 2.65. The van der Waals surface area contributed by atoms with Crippen LogP contribution in [0.25, 0.3) is 0 Å². The molecule has 0 fully saturated rings. The zero-order valence-electron chi connectivity index (χ0n) is 7.27. The van der Waals surface area contributed by atoms with E-state index in [1.807, 2.05) is 11.3 Å². The van der Waals surface area contributed by atoms with Crippen LogP contribution in [-0.4, -0.2) is 13.1 Å². The Kier molecular flexibility index (Phi) is 4.88. The van der Waals surface area contributed by atoms with Gasteiger partial charge in [0, 0.05) is 9.35 Å². The third-order valence-corrected chi connectivity index (χ3v) is 3.68. The van der Waals surface area contributed by atoms with Crippen LogP contribution in [0.1, 0.15) is 18.2 Å². The van der Waals surface area contributed by atoms with Gasteiger partial charge in [-0.25, -0.2) is 0 Å². The molecule has 68 valence electrons. The molecule has 0 spiro atoms. The molecule has 1 N–H and O–H groups in total. The maximum atomic E-state index is 3.53. The van der Waals surface area contributed by atoms with Crippen LogP contribution in [-0.2, 0) is 6.42 Å². The minimum atomic E-state index is 1.08. The summed E-state index contributed by atoms with van der Waals surface area (Å²) in [5.41, 5.74) is 0. The Hall–Kier alpha value is 0.140. The van der Waals surface area contributed by atoms with Crippen molar-refractivity contribution in [2.75, 3.05) is 13.1 Å². The minimum Gasteiger partial charge on any atom is -0.317 e. The van der Waals surface area contributed by atoms with Crippen molar-refractivity contribution in [3.8, 4) is 0 Å². The lowest BCUT2D eigenvalue weighted by Gasteiger charge is -2.00. The first-order valence-electron chi connectivity index (χ1n) is 4.27. The van der Waals surface area contributed by atoms with E-state index in [-0.39, 0.29) is 0 Å². The summed E-state index contributed by atoms with van der Waals surface area (Å²) in [7, 11) is 0. The molecule has 0 atom stereocenters. The number of hydrogen-bond donors (Lipinski definition) is 1. The predicted molar refractivity (Wildman–Crippen MR) is 58.9 cm³/mol. The Labute approximate surface area is 86.3 Å². The van der Waals surface area contributed by atoms with Gasteiger partial charge in [0.25, 0.3) is 0 Å². The van der Waals surface area contributed by atoms with Crippen molar-refractivity contribution in [1.82, 2.24) is 5.32 Å². The van der Waals surface area contributed by atoms with Gasteiger partial charge in [0.05, 0.1) is 0 Å². The monoisotopic (exact) mass is 247 g/mol. The second-order valence-corrected chi connectivity index (χ2v) is 4.50. The highest BCUT2D eigenvalue weighted by Gasteiger charge is 1.99. The zero-order chi connectivity index (χ0) is 8.81. The smallest absolute Gasteiger partial charge is 0.0314 e. The van der Waals surface area contributed by atoms with E-state index in [4.69, 9.17) is 0 Å². The summed E-state index contributed by atoms with van der Waals surface area (Å²) >= 11 is 5.36. The van der Waals surface area contributed by atoms with Crippen molar-refractivity contribution in [2.45, 2.75) is 19.8 Å². The van der Waals surface area contributed by atoms with Gasteiger partial charge in [0.15, 0.2) is 0 Å². The van der Waals surface area contributed by atoms with Crippen LogP contribution in [0.15, 0.2) is 15.9 Å². The molecule has 0 aliphatic heterocycles. The number of aryl methyl sites for hydroxylation is 1.